The molecule has 0 aromatic carbocycles. The third kappa shape index (κ3) is 2.18. The van der Waals surface area contributed by atoms with E-state index < -0.39 is 5.97 Å². The molecule has 0 saturated carbocycles. The van der Waals surface area contributed by atoms with Crippen molar-refractivity contribution in [2.45, 2.75) is 60.7 Å². The van der Waals surface area contributed by atoms with E-state index in [0.717, 1.165) is 0 Å². The molecule has 25 heavy (non-hydrogen) atoms. The first-order valence-electron chi connectivity index (χ1n) is 9.10. The minimum absolute atomic E-state index is 0.0570. The number of ether oxygens (including phenoxy) is 1. The Labute approximate surface area is 151 Å². The summed E-state index contributed by atoms with van der Waals surface area (Å²) in [5, 5.41) is 9.15. The predicted molar refractivity (Wildman–Crippen MR) is 100 cm³/mol. The van der Waals surface area contributed by atoms with Crippen molar-refractivity contribution >= 4 is 5.97 Å². The lowest BCUT2D eigenvalue weighted by Crippen LogP contribution is -2.51. The summed E-state index contributed by atoms with van der Waals surface area (Å²) < 4.78 is 6.62. The standard InChI is InChI=1S/C22H30O3/c1-8-13(2)18-21(6)12-14(3)17-20(5,10-9-16(23)24)11-15(4)19(25-18)22(17,21)7/h8-12,17-19H,1-7H3,(H,23,24). The number of carboxylic acids is 1. The fourth-order valence-electron chi connectivity index (χ4n) is 6.20. The van der Waals surface area contributed by atoms with E-state index in [-0.39, 0.29) is 34.4 Å². The summed E-state index contributed by atoms with van der Waals surface area (Å²) in [4.78, 5) is 11.1. The molecule has 3 heteroatoms. The van der Waals surface area contributed by atoms with Crippen LogP contribution in [0.15, 0.2) is 47.1 Å². The molecule has 1 saturated heterocycles. The van der Waals surface area contributed by atoms with Gasteiger partial charge in [0.25, 0.3) is 0 Å². The second-order valence-corrected chi connectivity index (χ2v) is 8.74. The molecule has 1 fully saturated rings. The van der Waals surface area contributed by atoms with Crippen LogP contribution in [0.3, 0.4) is 0 Å². The molecule has 2 aliphatic carbocycles. The van der Waals surface area contributed by atoms with Crippen molar-refractivity contribution in [1.82, 2.24) is 0 Å². The van der Waals surface area contributed by atoms with Gasteiger partial charge < -0.3 is 9.84 Å². The number of allylic oxidation sites excluding steroid dienone is 4. The molecule has 0 bridgehead atoms. The largest absolute Gasteiger partial charge is 0.478 e. The highest BCUT2D eigenvalue weighted by atomic mass is 16.5. The highest BCUT2D eigenvalue weighted by Gasteiger charge is 2.70. The average Bonchev–Trinajstić information content (AvgIpc) is 2.86. The predicted octanol–water partition coefficient (Wildman–Crippen LogP) is 4.92. The fourth-order valence-corrected chi connectivity index (χ4v) is 6.20. The van der Waals surface area contributed by atoms with Crippen molar-refractivity contribution in [3.05, 3.63) is 47.1 Å². The summed E-state index contributed by atoms with van der Waals surface area (Å²) in [6, 6.07) is 0. The van der Waals surface area contributed by atoms with Gasteiger partial charge in [-0.25, -0.2) is 4.79 Å². The van der Waals surface area contributed by atoms with Gasteiger partial charge in [0.05, 0.1) is 12.2 Å². The first kappa shape index (κ1) is 18.2. The molecule has 3 nitrogen and oxygen atoms in total. The Morgan fingerprint density at radius 2 is 1.84 bits per heavy atom. The van der Waals surface area contributed by atoms with E-state index in [2.05, 4.69) is 66.7 Å². The van der Waals surface area contributed by atoms with E-state index >= 15 is 0 Å². The fraction of sp³-hybridized carbons (Fsp3) is 0.591. The molecule has 1 aliphatic heterocycles. The van der Waals surface area contributed by atoms with Crippen LogP contribution < -0.4 is 0 Å². The van der Waals surface area contributed by atoms with Gasteiger partial charge in [-0.1, -0.05) is 50.6 Å². The molecule has 1 heterocycles. The first-order valence-corrected chi connectivity index (χ1v) is 9.10. The number of carboxylic acid groups (broad SMARTS) is 1. The lowest BCUT2D eigenvalue weighted by atomic mass is 9.50. The Morgan fingerprint density at radius 3 is 2.40 bits per heavy atom. The topological polar surface area (TPSA) is 46.5 Å². The molecule has 0 aromatic rings. The molecule has 0 aromatic heterocycles. The van der Waals surface area contributed by atoms with Crippen molar-refractivity contribution in [3.63, 3.8) is 0 Å². The van der Waals surface area contributed by atoms with Gasteiger partial charge in [-0.15, -0.1) is 0 Å². The van der Waals surface area contributed by atoms with Crippen LogP contribution >= 0.6 is 0 Å². The van der Waals surface area contributed by atoms with Crippen molar-refractivity contribution in [1.29, 1.82) is 0 Å². The molecular formula is C22H30O3. The average molecular weight is 342 g/mol. The van der Waals surface area contributed by atoms with Gasteiger partial charge in [0.1, 0.15) is 0 Å². The molecule has 3 rings (SSSR count). The number of rotatable bonds is 3. The second kappa shape index (κ2) is 5.44. The van der Waals surface area contributed by atoms with Crippen molar-refractivity contribution in [2.75, 3.05) is 0 Å². The molecule has 1 N–H and O–H groups in total. The van der Waals surface area contributed by atoms with E-state index in [1.807, 2.05) is 6.08 Å². The second-order valence-electron chi connectivity index (χ2n) is 8.74. The van der Waals surface area contributed by atoms with E-state index in [1.165, 1.54) is 22.8 Å². The molecule has 6 unspecified atom stereocenters. The summed E-state index contributed by atoms with van der Waals surface area (Å²) in [5.74, 6) is -0.670. The summed E-state index contributed by atoms with van der Waals surface area (Å²) in [6.07, 6.45) is 10.0. The molecule has 6 atom stereocenters. The highest BCUT2D eigenvalue weighted by molar-refractivity contribution is 5.80. The lowest BCUT2D eigenvalue weighted by molar-refractivity contribution is -0.131. The Kier molecular flexibility index (Phi) is 3.96. The molecular weight excluding hydrogens is 312 g/mol. The van der Waals surface area contributed by atoms with E-state index in [1.54, 1.807) is 0 Å². The monoisotopic (exact) mass is 342 g/mol. The maximum atomic E-state index is 11.1. The van der Waals surface area contributed by atoms with Gasteiger partial charge in [-0.2, -0.15) is 0 Å². The summed E-state index contributed by atoms with van der Waals surface area (Å²) >= 11 is 0. The highest BCUT2D eigenvalue weighted by Crippen LogP contribution is 2.71. The number of hydrogen-bond donors (Lipinski definition) is 1. The third-order valence-electron chi connectivity index (χ3n) is 7.13. The van der Waals surface area contributed by atoms with Gasteiger partial charge in [-0.3, -0.25) is 0 Å². The van der Waals surface area contributed by atoms with Crippen molar-refractivity contribution in [3.8, 4) is 0 Å². The van der Waals surface area contributed by atoms with Crippen LogP contribution in [0.5, 0.6) is 0 Å². The van der Waals surface area contributed by atoms with Gasteiger partial charge in [0.2, 0.25) is 0 Å². The van der Waals surface area contributed by atoms with Crippen LogP contribution in [0, 0.1) is 22.2 Å². The maximum absolute atomic E-state index is 11.1. The minimum Gasteiger partial charge on any atom is -0.478 e. The SMILES string of the molecule is CC=C(C)C1OC2C(C)=CC(C)(C=CC(=O)O)C3C(C)=CC1(C)C23C. The zero-order chi connectivity index (χ0) is 18.8. The van der Waals surface area contributed by atoms with Crippen molar-refractivity contribution in [2.24, 2.45) is 22.2 Å². The van der Waals surface area contributed by atoms with Crippen LogP contribution in [-0.2, 0) is 9.53 Å². The summed E-state index contributed by atoms with van der Waals surface area (Å²) in [5.41, 5.74) is 3.29. The van der Waals surface area contributed by atoms with Crippen LogP contribution in [-0.4, -0.2) is 23.3 Å². The lowest BCUT2D eigenvalue weighted by Gasteiger charge is -2.52. The van der Waals surface area contributed by atoms with Crippen LogP contribution in [0.2, 0.25) is 0 Å². The number of hydrogen-bond acceptors (Lipinski definition) is 2. The van der Waals surface area contributed by atoms with Crippen LogP contribution in [0.1, 0.15) is 48.5 Å². The summed E-state index contributed by atoms with van der Waals surface area (Å²) in [7, 11) is 0. The number of carbonyl (C=O) groups is 1. The van der Waals surface area contributed by atoms with Gasteiger partial charge >= 0.3 is 5.97 Å². The normalized spacial score (nSPS) is 46.2. The Hall–Kier alpha value is -1.61. The molecule has 136 valence electrons. The number of aliphatic carboxylic acids is 1. The Morgan fingerprint density at radius 1 is 1.20 bits per heavy atom. The van der Waals surface area contributed by atoms with E-state index in [9.17, 15) is 4.79 Å². The van der Waals surface area contributed by atoms with Crippen LogP contribution in [0.4, 0.5) is 0 Å². The van der Waals surface area contributed by atoms with Gasteiger partial charge in [0.15, 0.2) is 0 Å². The first-order chi connectivity index (χ1) is 11.5. The van der Waals surface area contributed by atoms with E-state index in [4.69, 9.17) is 9.84 Å². The molecule has 0 spiro atoms. The van der Waals surface area contributed by atoms with Gasteiger partial charge in [-0.05, 0) is 38.8 Å². The Bertz CT molecular complexity index is 740. The van der Waals surface area contributed by atoms with Crippen molar-refractivity contribution < 1.29 is 14.6 Å². The third-order valence-corrected chi connectivity index (χ3v) is 7.13. The van der Waals surface area contributed by atoms with Gasteiger partial charge in [0, 0.05) is 28.2 Å². The minimum atomic E-state index is -0.896. The van der Waals surface area contributed by atoms with E-state index in [0.29, 0.717) is 0 Å². The molecule has 0 radical (unpaired) electrons. The smallest absolute Gasteiger partial charge is 0.328 e. The zero-order valence-electron chi connectivity index (χ0n) is 16.4. The Balaban J connectivity index is 2.21. The molecule has 0 amide bonds. The quantitative estimate of drug-likeness (QED) is 0.585. The zero-order valence-corrected chi connectivity index (χ0v) is 16.4. The molecule has 3 aliphatic rings. The maximum Gasteiger partial charge on any atom is 0.328 e. The summed E-state index contributed by atoms with van der Waals surface area (Å²) in [6.45, 7) is 15.3. The van der Waals surface area contributed by atoms with Crippen LogP contribution in [0.25, 0.3) is 0 Å².